The summed E-state index contributed by atoms with van der Waals surface area (Å²) in [5.41, 5.74) is 0. The minimum atomic E-state index is 0.869. The molecule has 1 aliphatic heterocycles. The van der Waals surface area contributed by atoms with Gasteiger partial charge >= 0.3 is 0 Å². The minimum absolute atomic E-state index is 0.869. The summed E-state index contributed by atoms with van der Waals surface area (Å²) in [6.45, 7) is 3.71. The third kappa shape index (κ3) is 2.66. The van der Waals surface area contributed by atoms with E-state index in [1.807, 2.05) is 0 Å². The Morgan fingerprint density at radius 2 is 2.08 bits per heavy atom. The lowest BCUT2D eigenvalue weighted by atomic mass is 10.1. The fourth-order valence-electron chi connectivity index (χ4n) is 1.96. The molecule has 0 radical (unpaired) electrons. The van der Waals surface area contributed by atoms with Gasteiger partial charge in [-0.2, -0.15) is 0 Å². The second-order valence-electron chi connectivity index (χ2n) is 4.60. The van der Waals surface area contributed by atoms with Crippen LogP contribution in [0.15, 0.2) is 0 Å². The van der Waals surface area contributed by atoms with E-state index in [0.29, 0.717) is 0 Å². The summed E-state index contributed by atoms with van der Waals surface area (Å²) >= 11 is 0. The van der Waals surface area contributed by atoms with Crippen LogP contribution in [0, 0.1) is 5.92 Å². The highest BCUT2D eigenvalue weighted by molar-refractivity contribution is 4.83. The molecule has 1 unspecified atom stereocenters. The van der Waals surface area contributed by atoms with Gasteiger partial charge in [-0.15, -0.1) is 0 Å². The van der Waals surface area contributed by atoms with Gasteiger partial charge in [0.15, 0.2) is 0 Å². The Labute approximate surface area is 81.1 Å². The highest BCUT2D eigenvalue weighted by Crippen LogP contribution is 2.21. The molecule has 1 N–H and O–H groups in total. The van der Waals surface area contributed by atoms with E-state index in [9.17, 15) is 0 Å². The van der Waals surface area contributed by atoms with Gasteiger partial charge < -0.3 is 5.32 Å². The Morgan fingerprint density at radius 3 is 2.62 bits per heavy atom. The van der Waals surface area contributed by atoms with Crippen molar-refractivity contribution in [3.8, 4) is 0 Å². The second kappa shape index (κ2) is 3.95. The van der Waals surface area contributed by atoms with Crippen LogP contribution >= 0.6 is 0 Å². The molecule has 1 atom stereocenters. The van der Waals surface area contributed by atoms with Gasteiger partial charge in [-0.3, -0.25) is 0 Å². The molecular weight excluding hydrogens is 162 g/mol. The van der Waals surface area contributed by atoms with Crippen molar-refractivity contribution >= 4 is 0 Å². The molecule has 1 heterocycles. The molecule has 0 bridgehead atoms. The standard InChI is InChI=1S/C10H21N3/c1-12(2)13-6-5-9(8-13)7-11-10-3-4-10/h9-11H,3-8H2,1-2H3. The van der Waals surface area contributed by atoms with Crippen molar-refractivity contribution in [3.05, 3.63) is 0 Å². The number of hydrazine groups is 1. The van der Waals surface area contributed by atoms with Crippen LogP contribution in [0.4, 0.5) is 0 Å². The first-order valence-electron chi connectivity index (χ1n) is 5.41. The van der Waals surface area contributed by atoms with Crippen molar-refractivity contribution in [3.63, 3.8) is 0 Å². The fourth-order valence-corrected chi connectivity index (χ4v) is 1.96. The maximum atomic E-state index is 3.61. The van der Waals surface area contributed by atoms with Gasteiger partial charge in [-0.25, -0.2) is 10.0 Å². The van der Waals surface area contributed by atoms with E-state index in [0.717, 1.165) is 12.0 Å². The van der Waals surface area contributed by atoms with Gasteiger partial charge in [0.1, 0.15) is 0 Å². The van der Waals surface area contributed by atoms with Crippen LogP contribution in [0.3, 0.4) is 0 Å². The summed E-state index contributed by atoms with van der Waals surface area (Å²) < 4.78 is 0. The zero-order chi connectivity index (χ0) is 9.26. The summed E-state index contributed by atoms with van der Waals surface area (Å²) in [5.74, 6) is 0.878. The molecular formula is C10H21N3. The Morgan fingerprint density at radius 1 is 1.31 bits per heavy atom. The third-order valence-electron chi connectivity index (χ3n) is 3.10. The van der Waals surface area contributed by atoms with Crippen LogP contribution in [-0.4, -0.2) is 49.8 Å². The van der Waals surface area contributed by atoms with E-state index in [2.05, 4.69) is 29.4 Å². The molecule has 1 saturated heterocycles. The van der Waals surface area contributed by atoms with E-state index in [4.69, 9.17) is 0 Å². The first kappa shape index (κ1) is 9.44. The normalized spacial score (nSPS) is 30.2. The monoisotopic (exact) mass is 183 g/mol. The van der Waals surface area contributed by atoms with Crippen molar-refractivity contribution in [1.82, 2.24) is 15.3 Å². The quantitative estimate of drug-likeness (QED) is 0.686. The molecule has 2 rings (SSSR count). The van der Waals surface area contributed by atoms with Crippen molar-refractivity contribution in [2.45, 2.75) is 25.3 Å². The third-order valence-corrected chi connectivity index (χ3v) is 3.10. The molecule has 3 heteroatoms. The van der Waals surface area contributed by atoms with E-state index in [1.165, 1.54) is 38.9 Å². The molecule has 2 fully saturated rings. The van der Waals surface area contributed by atoms with Gasteiger partial charge in [0.25, 0.3) is 0 Å². The van der Waals surface area contributed by atoms with E-state index in [-0.39, 0.29) is 0 Å². The largest absolute Gasteiger partial charge is 0.314 e. The van der Waals surface area contributed by atoms with E-state index in [1.54, 1.807) is 0 Å². The average molecular weight is 183 g/mol. The van der Waals surface area contributed by atoms with Crippen molar-refractivity contribution in [2.75, 3.05) is 33.7 Å². The molecule has 1 saturated carbocycles. The lowest BCUT2D eigenvalue weighted by molar-refractivity contribution is 0.0491. The Hall–Kier alpha value is -0.120. The first-order chi connectivity index (χ1) is 6.25. The smallest absolute Gasteiger partial charge is 0.0174 e. The summed E-state index contributed by atoms with van der Waals surface area (Å²) in [6.07, 6.45) is 4.17. The predicted octanol–water partition coefficient (Wildman–Crippen LogP) is 0.537. The molecule has 76 valence electrons. The SMILES string of the molecule is CN(C)N1CCC(CNC2CC2)C1. The first-order valence-corrected chi connectivity index (χ1v) is 5.41. The van der Waals surface area contributed by atoms with E-state index >= 15 is 0 Å². The zero-order valence-corrected chi connectivity index (χ0v) is 8.79. The molecule has 0 aromatic carbocycles. The van der Waals surface area contributed by atoms with Crippen molar-refractivity contribution in [2.24, 2.45) is 5.92 Å². The van der Waals surface area contributed by atoms with Crippen molar-refractivity contribution in [1.29, 1.82) is 0 Å². The number of nitrogens with one attached hydrogen (secondary N) is 1. The maximum absolute atomic E-state index is 3.61. The number of nitrogens with zero attached hydrogens (tertiary/aromatic N) is 2. The molecule has 0 spiro atoms. The molecule has 0 amide bonds. The van der Waals surface area contributed by atoms with Crippen LogP contribution in [0.5, 0.6) is 0 Å². The molecule has 3 nitrogen and oxygen atoms in total. The highest BCUT2D eigenvalue weighted by atomic mass is 15.6. The van der Waals surface area contributed by atoms with Gasteiger partial charge in [-0.1, -0.05) is 0 Å². The lowest BCUT2D eigenvalue weighted by Gasteiger charge is -2.23. The predicted molar refractivity (Wildman–Crippen MR) is 54.4 cm³/mol. The van der Waals surface area contributed by atoms with E-state index < -0.39 is 0 Å². The molecule has 0 aromatic heterocycles. The topological polar surface area (TPSA) is 18.5 Å². The summed E-state index contributed by atoms with van der Waals surface area (Å²) in [7, 11) is 4.27. The van der Waals surface area contributed by atoms with Crippen LogP contribution in [-0.2, 0) is 0 Å². The van der Waals surface area contributed by atoms with Gasteiger partial charge in [0, 0.05) is 33.2 Å². The van der Waals surface area contributed by atoms with Crippen molar-refractivity contribution < 1.29 is 0 Å². The number of hydrogen-bond donors (Lipinski definition) is 1. The van der Waals surface area contributed by atoms with Gasteiger partial charge in [0.05, 0.1) is 0 Å². The Kier molecular flexibility index (Phi) is 2.86. The average Bonchev–Trinajstić information content (AvgIpc) is 2.79. The Balaban J connectivity index is 1.65. The number of hydrogen-bond acceptors (Lipinski definition) is 3. The number of rotatable bonds is 4. The summed E-state index contributed by atoms with van der Waals surface area (Å²) in [4.78, 5) is 0. The lowest BCUT2D eigenvalue weighted by Crippen LogP contribution is -2.36. The van der Waals surface area contributed by atoms with Crippen LogP contribution in [0.2, 0.25) is 0 Å². The minimum Gasteiger partial charge on any atom is -0.314 e. The summed E-state index contributed by atoms with van der Waals surface area (Å²) in [5, 5.41) is 8.26. The Bertz CT molecular complexity index is 166. The zero-order valence-electron chi connectivity index (χ0n) is 8.79. The van der Waals surface area contributed by atoms with Gasteiger partial charge in [-0.05, 0) is 31.7 Å². The molecule has 2 aliphatic rings. The highest BCUT2D eigenvalue weighted by Gasteiger charge is 2.26. The molecule has 1 aliphatic carbocycles. The second-order valence-corrected chi connectivity index (χ2v) is 4.60. The van der Waals surface area contributed by atoms with Crippen LogP contribution < -0.4 is 5.32 Å². The van der Waals surface area contributed by atoms with Crippen LogP contribution in [0.1, 0.15) is 19.3 Å². The summed E-state index contributed by atoms with van der Waals surface area (Å²) in [6, 6.07) is 0.869. The van der Waals surface area contributed by atoms with Crippen LogP contribution in [0.25, 0.3) is 0 Å². The molecule has 0 aromatic rings. The molecule has 13 heavy (non-hydrogen) atoms. The van der Waals surface area contributed by atoms with Gasteiger partial charge in [0.2, 0.25) is 0 Å². The maximum Gasteiger partial charge on any atom is 0.0174 e. The fraction of sp³-hybridized carbons (Fsp3) is 1.00.